The number of benzene rings is 1. The summed E-state index contributed by atoms with van der Waals surface area (Å²) in [5, 5.41) is 0. The van der Waals surface area contributed by atoms with Gasteiger partial charge < -0.3 is 4.74 Å². The first kappa shape index (κ1) is 9.59. The van der Waals surface area contributed by atoms with Gasteiger partial charge in [-0.3, -0.25) is 0 Å². The minimum absolute atomic E-state index is 0.718. The Kier molecular flexibility index (Phi) is 4.47. The minimum atomic E-state index is 0.718. The lowest BCUT2D eigenvalue weighted by Crippen LogP contribution is -1.74. The summed E-state index contributed by atoms with van der Waals surface area (Å²) in [5.41, 5.74) is 1.20. The zero-order valence-corrected chi connectivity index (χ0v) is 7.81. The van der Waals surface area contributed by atoms with Crippen molar-refractivity contribution in [3.63, 3.8) is 0 Å². The highest BCUT2D eigenvalue weighted by molar-refractivity contribution is 5.50. The van der Waals surface area contributed by atoms with E-state index in [-0.39, 0.29) is 0 Å². The molecule has 1 rings (SSSR count). The zero-order valence-electron chi connectivity index (χ0n) is 7.81. The molecule has 0 fully saturated rings. The van der Waals surface area contributed by atoms with Crippen molar-refractivity contribution < 1.29 is 4.74 Å². The number of rotatable bonds is 4. The Balaban J connectivity index is 2.41. The van der Waals surface area contributed by atoms with Gasteiger partial charge in [-0.2, -0.15) is 0 Å². The van der Waals surface area contributed by atoms with Gasteiger partial charge in [0.25, 0.3) is 0 Å². The fraction of sp³-hybridized carbons (Fsp3) is 0.167. The van der Waals surface area contributed by atoms with Crippen LogP contribution in [0.25, 0.3) is 6.08 Å². The molecule has 68 valence electrons. The van der Waals surface area contributed by atoms with Crippen LogP contribution in [0.1, 0.15) is 12.5 Å². The lowest BCUT2D eigenvalue weighted by molar-refractivity contribution is 0.269. The third-order valence-corrected chi connectivity index (χ3v) is 1.54. The highest BCUT2D eigenvalue weighted by atomic mass is 16.5. The molecular formula is C12H14O. The lowest BCUT2D eigenvalue weighted by atomic mass is 10.2. The third kappa shape index (κ3) is 4.16. The first-order valence-corrected chi connectivity index (χ1v) is 4.43. The van der Waals surface area contributed by atoms with Gasteiger partial charge in [0.05, 0.1) is 12.9 Å². The predicted octanol–water partition coefficient (Wildman–Crippen LogP) is 3.25. The van der Waals surface area contributed by atoms with Crippen LogP contribution in [0.15, 0.2) is 48.7 Å². The lowest BCUT2D eigenvalue weighted by Gasteiger charge is -1.90. The van der Waals surface area contributed by atoms with Crippen molar-refractivity contribution in [1.29, 1.82) is 0 Å². The van der Waals surface area contributed by atoms with Gasteiger partial charge >= 0.3 is 0 Å². The normalized spacial score (nSPS) is 11.2. The number of hydrogen-bond donors (Lipinski definition) is 0. The van der Waals surface area contributed by atoms with Gasteiger partial charge in [-0.15, -0.1) is 0 Å². The first-order valence-electron chi connectivity index (χ1n) is 4.43. The largest absolute Gasteiger partial charge is 0.501 e. The minimum Gasteiger partial charge on any atom is -0.501 e. The molecule has 0 bridgehead atoms. The van der Waals surface area contributed by atoms with E-state index in [0.29, 0.717) is 0 Å². The average Bonchev–Trinajstić information content (AvgIpc) is 2.19. The van der Waals surface area contributed by atoms with E-state index in [4.69, 9.17) is 4.74 Å². The van der Waals surface area contributed by atoms with Crippen LogP contribution >= 0.6 is 0 Å². The van der Waals surface area contributed by atoms with Crippen LogP contribution in [-0.2, 0) is 4.74 Å². The topological polar surface area (TPSA) is 9.23 Å². The van der Waals surface area contributed by atoms with Crippen molar-refractivity contribution in [2.24, 2.45) is 0 Å². The van der Waals surface area contributed by atoms with Crippen LogP contribution in [0.5, 0.6) is 0 Å². The van der Waals surface area contributed by atoms with Crippen molar-refractivity contribution in [3.8, 4) is 0 Å². The second kappa shape index (κ2) is 6.06. The number of ether oxygens (including phenoxy) is 1. The van der Waals surface area contributed by atoms with E-state index < -0.39 is 0 Å². The Morgan fingerprint density at radius 1 is 1.15 bits per heavy atom. The first-order chi connectivity index (χ1) is 6.43. The standard InChI is InChI=1S/C12H14O/c1-2-13-11-7-6-10-12-8-4-3-5-9-12/h3-11H,2H2,1H3/b10-6-,11-7+. The van der Waals surface area contributed by atoms with E-state index in [1.807, 2.05) is 43.4 Å². The molecule has 0 aromatic heterocycles. The van der Waals surface area contributed by atoms with Gasteiger partial charge in [-0.05, 0) is 18.6 Å². The summed E-state index contributed by atoms with van der Waals surface area (Å²) in [6.07, 6.45) is 7.58. The Hall–Kier alpha value is -1.50. The molecule has 0 aliphatic rings. The second-order valence-electron chi connectivity index (χ2n) is 2.55. The predicted molar refractivity (Wildman–Crippen MR) is 56.2 cm³/mol. The molecule has 0 atom stereocenters. The molecule has 0 saturated carbocycles. The number of allylic oxidation sites excluding steroid dienone is 2. The molecule has 0 radical (unpaired) electrons. The molecule has 0 N–H and O–H groups in total. The summed E-state index contributed by atoms with van der Waals surface area (Å²) in [6.45, 7) is 2.68. The molecule has 1 aromatic rings. The molecule has 13 heavy (non-hydrogen) atoms. The van der Waals surface area contributed by atoms with Gasteiger partial charge in [0.15, 0.2) is 0 Å². The molecular weight excluding hydrogens is 160 g/mol. The molecule has 1 heteroatoms. The van der Waals surface area contributed by atoms with Crippen molar-refractivity contribution in [2.45, 2.75) is 6.92 Å². The highest BCUT2D eigenvalue weighted by Gasteiger charge is 1.79. The van der Waals surface area contributed by atoms with Crippen LogP contribution in [0.3, 0.4) is 0 Å². The Bertz CT molecular complexity index is 272. The maximum absolute atomic E-state index is 5.04. The van der Waals surface area contributed by atoms with E-state index in [9.17, 15) is 0 Å². The third-order valence-electron chi connectivity index (χ3n) is 1.54. The van der Waals surface area contributed by atoms with Crippen LogP contribution in [0, 0.1) is 0 Å². The smallest absolute Gasteiger partial charge is 0.0845 e. The maximum Gasteiger partial charge on any atom is 0.0845 e. The molecule has 0 heterocycles. The fourth-order valence-electron chi connectivity index (χ4n) is 0.928. The van der Waals surface area contributed by atoms with Crippen LogP contribution < -0.4 is 0 Å². The molecule has 0 unspecified atom stereocenters. The fourth-order valence-corrected chi connectivity index (χ4v) is 0.928. The molecule has 0 saturated heterocycles. The summed E-state index contributed by atoms with van der Waals surface area (Å²) in [6, 6.07) is 10.2. The maximum atomic E-state index is 5.04. The summed E-state index contributed by atoms with van der Waals surface area (Å²) in [5.74, 6) is 0. The summed E-state index contributed by atoms with van der Waals surface area (Å²) in [4.78, 5) is 0. The van der Waals surface area contributed by atoms with Crippen molar-refractivity contribution in [2.75, 3.05) is 6.61 Å². The molecule has 0 spiro atoms. The van der Waals surface area contributed by atoms with Gasteiger partial charge in [0, 0.05) is 0 Å². The number of hydrogen-bond acceptors (Lipinski definition) is 1. The van der Waals surface area contributed by atoms with Gasteiger partial charge in [0.2, 0.25) is 0 Å². The molecule has 1 nitrogen and oxygen atoms in total. The molecule has 0 aliphatic heterocycles. The SMILES string of the molecule is CCO/C=C/C=C\c1ccccc1. The van der Waals surface area contributed by atoms with Crippen molar-refractivity contribution in [3.05, 3.63) is 54.3 Å². The van der Waals surface area contributed by atoms with E-state index in [0.717, 1.165) is 6.61 Å². The van der Waals surface area contributed by atoms with Gasteiger partial charge in [-0.1, -0.05) is 42.5 Å². The van der Waals surface area contributed by atoms with Crippen molar-refractivity contribution >= 4 is 6.08 Å². The summed E-state index contributed by atoms with van der Waals surface area (Å²) >= 11 is 0. The Morgan fingerprint density at radius 2 is 1.92 bits per heavy atom. The van der Waals surface area contributed by atoms with Crippen molar-refractivity contribution in [1.82, 2.24) is 0 Å². The molecule has 1 aromatic carbocycles. The molecule has 0 amide bonds. The van der Waals surface area contributed by atoms with Crippen LogP contribution in [0.4, 0.5) is 0 Å². The Morgan fingerprint density at radius 3 is 2.62 bits per heavy atom. The van der Waals surface area contributed by atoms with Crippen LogP contribution in [0.2, 0.25) is 0 Å². The summed E-state index contributed by atoms with van der Waals surface area (Å²) in [7, 11) is 0. The van der Waals surface area contributed by atoms with E-state index >= 15 is 0 Å². The zero-order chi connectivity index (χ0) is 9.36. The average molecular weight is 174 g/mol. The van der Waals surface area contributed by atoms with E-state index in [2.05, 4.69) is 12.1 Å². The highest BCUT2D eigenvalue weighted by Crippen LogP contribution is 2.00. The molecule has 0 aliphatic carbocycles. The van der Waals surface area contributed by atoms with Gasteiger partial charge in [0.1, 0.15) is 0 Å². The van der Waals surface area contributed by atoms with E-state index in [1.165, 1.54) is 5.56 Å². The monoisotopic (exact) mass is 174 g/mol. The second-order valence-corrected chi connectivity index (χ2v) is 2.55. The van der Waals surface area contributed by atoms with Gasteiger partial charge in [-0.25, -0.2) is 0 Å². The van der Waals surface area contributed by atoms with Crippen LogP contribution in [-0.4, -0.2) is 6.61 Å². The van der Waals surface area contributed by atoms with E-state index in [1.54, 1.807) is 6.26 Å². The quantitative estimate of drug-likeness (QED) is 0.503. The Labute approximate surface area is 79.4 Å². The summed E-state index contributed by atoms with van der Waals surface area (Å²) < 4.78 is 5.04.